The number of rotatable bonds is 2. The van der Waals surface area contributed by atoms with Gasteiger partial charge in [-0.25, -0.2) is 0 Å². The van der Waals surface area contributed by atoms with Gasteiger partial charge in [0.2, 0.25) is 0 Å². The molecule has 3 rings (SSSR count). The number of carbonyl (C=O) groups excluding carboxylic acids is 2. The van der Waals surface area contributed by atoms with E-state index in [0.29, 0.717) is 23.9 Å². The van der Waals surface area contributed by atoms with Crippen LogP contribution in [-0.2, 0) is 0 Å². The van der Waals surface area contributed by atoms with E-state index in [0.717, 1.165) is 5.69 Å². The molecule has 0 aliphatic carbocycles. The highest BCUT2D eigenvalue weighted by atomic mass is 16.2. The number of ketones is 1. The Morgan fingerprint density at radius 2 is 1.74 bits per heavy atom. The molecule has 0 saturated carbocycles. The molecule has 1 aliphatic rings. The van der Waals surface area contributed by atoms with Crippen molar-refractivity contribution in [2.24, 2.45) is 5.41 Å². The molecule has 23 heavy (non-hydrogen) atoms. The second-order valence-electron chi connectivity index (χ2n) is 7.24. The molecule has 0 saturated heterocycles. The van der Waals surface area contributed by atoms with Crippen LogP contribution in [0, 0.1) is 5.41 Å². The average molecular weight is 310 g/mol. The molecule has 1 aromatic heterocycles. The van der Waals surface area contributed by atoms with Crippen LogP contribution in [0.3, 0.4) is 0 Å². The third-order valence-corrected chi connectivity index (χ3v) is 4.55. The second kappa shape index (κ2) is 5.37. The van der Waals surface area contributed by atoms with Crippen LogP contribution < -0.4 is 4.90 Å². The average Bonchev–Trinajstić information content (AvgIpc) is 3.11. The zero-order chi connectivity index (χ0) is 16.8. The summed E-state index contributed by atoms with van der Waals surface area (Å²) in [5.74, 6) is 0.139. The predicted octanol–water partition coefficient (Wildman–Crippen LogP) is 4.01. The van der Waals surface area contributed by atoms with Crippen molar-refractivity contribution in [3.8, 4) is 0 Å². The normalized spacial score (nSPS) is 17.2. The van der Waals surface area contributed by atoms with Gasteiger partial charge in [0.1, 0.15) is 5.69 Å². The summed E-state index contributed by atoms with van der Waals surface area (Å²) in [5, 5.41) is 0. The van der Waals surface area contributed by atoms with Crippen molar-refractivity contribution >= 4 is 17.4 Å². The zero-order valence-electron chi connectivity index (χ0n) is 14.0. The smallest absolute Gasteiger partial charge is 0.274 e. The molecular weight excluding hydrogens is 288 g/mol. The van der Waals surface area contributed by atoms with E-state index >= 15 is 0 Å². The van der Waals surface area contributed by atoms with Crippen LogP contribution in [0.25, 0.3) is 0 Å². The molecule has 120 valence electrons. The summed E-state index contributed by atoms with van der Waals surface area (Å²) in [6.07, 6.45) is 0. The zero-order valence-corrected chi connectivity index (χ0v) is 14.0. The number of aromatic amines is 1. The minimum Gasteiger partial charge on any atom is -0.348 e. The summed E-state index contributed by atoms with van der Waals surface area (Å²) in [6.45, 7) is 8.75. The standard InChI is InChI=1S/C19H22N2O2/c1-12(22)15-9-10-16(20-15)18(23)21-11-14(19(2,3)4)13-7-5-6-8-17(13)21/h5-10,14,20H,11H2,1-4H3. The first-order chi connectivity index (χ1) is 10.8. The van der Waals surface area contributed by atoms with Gasteiger partial charge in [-0.2, -0.15) is 0 Å². The number of aromatic nitrogens is 1. The lowest BCUT2D eigenvalue weighted by molar-refractivity contribution is 0.0981. The summed E-state index contributed by atoms with van der Waals surface area (Å²) >= 11 is 0. The molecule has 1 aliphatic heterocycles. The van der Waals surface area contributed by atoms with Crippen molar-refractivity contribution in [1.29, 1.82) is 0 Å². The Kier molecular flexibility index (Phi) is 3.63. The Hall–Kier alpha value is -2.36. The van der Waals surface area contributed by atoms with E-state index in [1.807, 2.05) is 23.1 Å². The SMILES string of the molecule is CC(=O)c1ccc(C(=O)N2CC(C(C)(C)C)c3ccccc32)[nH]1. The van der Waals surface area contributed by atoms with Crippen LogP contribution in [0.2, 0.25) is 0 Å². The number of fused-ring (bicyclic) bond motifs is 1. The van der Waals surface area contributed by atoms with E-state index in [9.17, 15) is 9.59 Å². The molecule has 1 amide bonds. The highest BCUT2D eigenvalue weighted by Gasteiger charge is 2.38. The van der Waals surface area contributed by atoms with E-state index in [1.54, 1.807) is 12.1 Å². The molecule has 4 heteroatoms. The van der Waals surface area contributed by atoms with Gasteiger partial charge in [0.15, 0.2) is 5.78 Å². The van der Waals surface area contributed by atoms with Gasteiger partial charge in [-0.05, 0) is 29.2 Å². The fourth-order valence-electron chi connectivity index (χ4n) is 3.21. The molecule has 1 atom stereocenters. The number of anilines is 1. The quantitative estimate of drug-likeness (QED) is 0.852. The minimum atomic E-state index is -0.0864. The number of hydrogen-bond acceptors (Lipinski definition) is 2. The molecule has 2 heterocycles. The highest BCUT2D eigenvalue weighted by Crippen LogP contribution is 2.45. The molecule has 0 fully saturated rings. The molecule has 0 spiro atoms. The van der Waals surface area contributed by atoms with Crippen molar-refractivity contribution in [2.45, 2.75) is 33.6 Å². The number of hydrogen-bond donors (Lipinski definition) is 1. The van der Waals surface area contributed by atoms with E-state index in [-0.39, 0.29) is 17.1 Å². The lowest BCUT2D eigenvalue weighted by Gasteiger charge is -2.27. The molecule has 1 N–H and O–H groups in total. The van der Waals surface area contributed by atoms with E-state index in [2.05, 4.69) is 31.8 Å². The molecule has 1 aromatic carbocycles. The van der Waals surface area contributed by atoms with Crippen molar-refractivity contribution < 1.29 is 9.59 Å². The van der Waals surface area contributed by atoms with Crippen molar-refractivity contribution in [1.82, 2.24) is 4.98 Å². The summed E-state index contributed by atoms with van der Waals surface area (Å²) in [6, 6.07) is 11.4. The maximum atomic E-state index is 12.9. The summed E-state index contributed by atoms with van der Waals surface area (Å²) in [7, 11) is 0. The van der Waals surface area contributed by atoms with Gasteiger partial charge in [0, 0.05) is 25.1 Å². The number of amides is 1. The van der Waals surface area contributed by atoms with Gasteiger partial charge in [0.05, 0.1) is 5.69 Å². The lowest BCUT2D eigenvalue weighted by atomic mass is 9.78. The maximum absolute atomic E-state index is 12.9. The second-order valence-corrected chi connectivity index (χ2v) is 7.24. The van der Waals surface area contributed by atoms with Gasteiger partial charge in [-0.1, -0.05) is 39.0 Å². The first kappa shape index (κ1) is 15.5. The number of nitrogens with one attached hydrogen (secondary N) is 1. The maximum Gasteiger partial charge on any atom is 0.274 e. The number of nitrogens with zero attached hydrogens (tertiary/aromatic N) is 1. The third kappa shape index (κ3) is 2.69. The molecule has 0 bridgehead atoms. The predicted molar refractivity (Wildman–Crippen MR) is 91.1 cm³/mol. The monoisotopic (exact) mass is 310 g/mol. The van der Waals surface area contributed by atoms with Gasteiger partial charge >= 0.3 is 0 Å². The molecule has 4 nitrogen and oxygen atoms in total. The number of para-hydroxylation sites is 1. The fraction of sp³-hybridized carbons (Fsp3) is 0.368. The van der Waals surface area contributed by atoms with E-state index < -0.39 is 0 Å². The minimum absolute atomic E-state index is 0.0709. The Morgan fingerprint density at radius 1 is 1.09 bits per heavy atom. The first-order valence-electron chi connectivity index (χ1n) is 7.90. The van der Waals surface area contributed by atoms with Gasteiger partial charge in [-0.15, -0.1) is 0 Å². The summed E-state index contributed by atoms with van der Waals surface area (Å²) < 4.78 is 0. The number of carbonyl (C=O) groups is 2. The van der Waals surface area contributed by atoms with Crippen LogP contribution in [0.1, 0.15) is 60.2 Å². The Labute approximate surface area is 136 Å². The van der Waals surface area contributed by atoms with Gasteiger partial charge < -0.3 is 9.88 Å². The van der Waals surface area contributed by atoms with Gasteiger partial charge in [0.25, 0.3) is 5.91 Å². The van der Waals surface area contributed by atoms with Crippen molar-refractivity contribution in [2.75, 3.05) is 11.4 Å². The highest BCUT2D eigenvalue weighted by molar-refractivity contribution is 6.07. The Bertz CT molecular complexity index is 768. The van der Waals surface area contributed by atoms with E-state index in [1.165, 1.54) is 12.5 Å². The Morgan fingerprint density at radius 3 is 2.35 bits per heavy atom. The van der Waals surface area contributed by atoms with Crippen molar-refractivity contribution in [3.05, 3.63) is 53.3 Å². The van der Waals surface area contributed by atoms with Crippen LogP contribution in [0.4, 0.5) is 5.69 Å². The topological polar surface area (TPSA) is 53.2 Å². The third-order valence-electron chi connectivity index (χ3n) is 4.55. The van der Waals surface area contributed by atoms with Crippen molar-refractivity contribution in [3.63, 3.8) is 0 Å². The van der Waals surface area contributed by atoms with Crippen LogP contribution >= 0.6 is 0 Å². The van der Waals surface area contributed by atoms with Crippen LogP contribution in [0.5, 0.6) is 0 Å². The molecular formula is C19H22N2O2. The Balaban J connectivity index is 1.97. The lowest BCUT2D eigenvalue weighted by Crippen LogP contribution is -2.32. The summed E-state index contributed by atoms with van der Waals surface area (Å²) in [5.41, 5.74) is 3.18. The molecule has 0 radical (unpaired) electrons. The largest absolute Gasteiger partial charge is 0.348 e. The molecule has 1 unspecified atom stereocenters. The fourth-order valence-corrected chi connectivity index (χ4v) is 3.21. The van der Waals surface area contributed by atoms with Crippen LogP contribution in [0.15, 0.2) is 36.4 Å². The van der Waals surface area contributed by atoms with E-state index in [4.69, 9.17) is 0 Å². The number of H-pyrrole nitrogens is 1. The van der Waals surface area contributed by atoms with Crippen LogP contribution in [-0.4, -0.2) is 23.2 Å². The molecule has 2 aromatic rings. The summed E-state index contributed by atoms with van der Waals surface area (Å²) in [4.78, 5) is 29.1. The number of Topliss-reactive ketones (excluding diaryl/α,β-unsaturated/α-hetero) is 1. The van der Waals surface area contributed by atoms with Gasteiger partial charge in [-0.3, -0.25) is 9.59 Å². The first-order valence-corrected chi connectivity index (χ1v) is 7.90. The number of benzene rings is 1.